The van der Waals surface area contributed by atoms with Crippen LogP contribution in [0.4, 0.5) is 0 Å². The van der Waals surface area contributed by atoms with E-state index in [0.717, 1.165) is 31.2 Å². The molecule has 0 atom stereocenters. The third-order valence-corrected chi connectivity index (χ3v) is 7.25. The van der Waals surface area contributed by atoms with E-state index in [1.54, 1.807) is 10.4 Å². The van der Waals surface area contributed by atoms with Crippen LogP contribution in [0.15, 0.2) is 59.5 Å². The van der Waals surface area contributed by atoms with Crippen molar-refractivity contribution >= 4 is 16.1 Å². The van der Waals surface area contributed by atoms with Gasteiger partial charge in [0.1, 0.15) is 0 Å². The number of benzene rings is 2. The molecule has 0 bridgehead atoms. The van der Waals surface area contributed by atoms with Crippen LogP contribution in [0.25, 0.3) is 6.08 Å². The number of allylic oxidation sites excluding steroid dienone is 1. The lowest BCUT2D eigenvalue weighted by atomic mass is 9.90. The van der Waals surface area contributed by atoms with E-state index in [2.05, 4.69) is 30.3 Å². The molecule has 4 heteroatoms. The highest BCUT2D eigenvalue weighted by molar-refractivity contribution is 7.89. The first-order chi connectivity index (χ1) is 12.1. The Morgan fingerprint density at radius 2 is 1.72 bits per heavy atom. The van der Waals surface area contributed by atoms with Crippen molar-refractivity contribution in [3.05, 3.63) is 71.3 Å². The molecule has 2 aromatic rings. The summed E-state index contributed by atoms with van der Waals surface area (Å²) < 4.78 is 27.7. The number of fused-ring (bicyclic) bond motifs is 1. The molecule has 0 radical (unpaired) electrons. The number of piperidine rings is 1. The van der Waals surface area contributed by atoms with Gasteiger partial charge in [0.15, 0.2) is 0 Å². The topological polar surface area (TPSA) is 37.4 Å². The number of hydrogen-bond donors (Lipinski definition) is 0. The van der Waals surface area contributed by atoms with Crippen LogP contribution < -0.4 is 0 Å². The Hall–Kier alpha value is -1.91. The predicted molar refractivity (Wildman–Crippen MR) is 101 cm³/mol. The molecule has 130 valence electrons. The van der Waals surface area contributed by atoms with Gasteiger partial charge in [0.25, 0.3) is 0 Å². The first kappa shape index (κ1) is 16.6. The number of hydrogen-bond acceptors (Lipinski definition) is 2. The molecule has 1 heterocycles. The zero-order valence-electron chi connectivity index (χ0n) is 14.3. The van der Waals surface area contributed by atoms with E-state index in [-0.39, 0.29) is 0 Å². The lowest BCUT2D eigenvalue weighted by Crippen LogP contribution is -2.37. The second kappa shape index (κ2) is 6.77. The summed E-state index contributed by atoms with van der Waals surface area (Å²) in [5.41, 5.74) is 3.61. The zero-order valence-corrected chi connectivity index (χ0v) is 15.1. The van der Waals surface area contributed by atoms with Gasteiger partial charge in [-0.05, 0) is 60.4 Å². The molecule has 0 saturated carbocycles. The van der Waals surface area contributed by atoms with Gasteiger partial charge in [-0.15, -0.1) is 0 Å². The number of sulfonamides is 1. The van der Waals surface area contributed by atoms with E-state index in [0.29, 0.717) is 23.9 Å². The SMILES string of the molecule is O=S(=O)(c1ccc2c(c1)C=CCC2)N1CCC(c2ccccc2)CC1. The van der Waals surface area contributed by atoms with Crippen LogP contribution in [-0.4, -0.2) is 25.8 Å². The van der Waals surface area contributed by atoms with Crippen LogP contribution in [0.1, 0.15) is 41.9 Å². The normalized spacial score (nSPS) is 18.9. The first-order valence-corrected chi connectivity index (χ1v) is 10.4. The molecule has 3 nitrogen and oxygen atoms in total. The highest BCUT2D eigenvalue weighted by Crippen LogP contribution is 2.31. The van der Waals surface area contributed by atoms with Crippen molar-refractivity contribution in [2.75, 3.05) is 13.1 Å². The molecule has 0 aromatic heterocycles. The Kier molecular flexibility index (Phi) is 4.48. The summed E-state index contributed by atoms with van der Waals surface area (Å²) in [4.78, 5) is 0.427. The van der Waals surface area contributed by atoms with E-state index < -0.39 is 10.0 Å². The molecule has 0 spiro atoms. The lowest BCUT2D eigenvalue weighted by molar-refractivity contribution is 0.319. The van der Waals surface area contributed by atoms with Gasteiger partial charge in [-0.25, -0.2) is 8.42 Å². The summed E-state index contributed by atoms with van der Waals surface area (Å²) in [6.45, 7) is 1.18. The summed E-state index contributed by atoms with van der Waals surface area (Å²) in [6, 6.07) is 16.0. The Morgan fingerprint density at radius 3 is 2.48 bits per heavy atom. The fourth-order valence-corrected chi connectivity index (χ4v) is 5.37. The fraction of sp³-hybridized carbons (Fsp3) is 0.333. The molecular weight excluding hydrogens is 330 g/mol. The Balaban J connectivity index is 1.51. The number of aryl methyl sites for hydroxylation is 1. The standard InChI is InChI=1S/C21H23NO2S/c23-25(24,21-11-10-18-8-4-5-9-20(18)16-21)22-14-12-19(13-15-22)17-6-2-1-3-7-17/h1-3,5-7,9-11,16,19H,4,8,12-15H2. The quantitative estimate of drug-likeness (QED) is 0.829. The maximum atomic E-state index is 13.0. The summed E-state index contributed by atoms with van der Waals surface area (Å²) in [5.74, 6) is 0.458. The van der Waals surface area contributed by atoms with Crippen LogP contribution in [0, 0.1) is 0 Å². The molecule has 2 aromatic carbocycles. The maximum absolute atomic E-state index is 13.0. The van der Waals surface area contributed by atoms with Crippen molar-refractivity contribution < 1.29 is 8.42 Å². The Morgan fingerprint density at radius 1 is 0.960 bits per heavy atom. The van der Waals surface area contributed by atoms with Gasteiger partial charge in [0, 0.05) is 13.1 Å². The first-order valence-electron chi connectivity index (χ1n) is 8.99. The minimum Gasteiger partial charge on any atom is -0.207 e. The smallest absolute Gasteiger partial charge is 0.207 e. The summed E-state index contributed by atoms with van der Waals surface area (Å²) >= 11 is 0. The summed E-state index contributed by atoms with van der Waals surface area (Å²) in [5, 5.41) is 0. The largest absolute Gasteiger partial charge is 0.243 e. The Labute approximate surface area is 150 Å². The van der Waals surface area contributed by atoms with Crippen LogP contribution in [0.2, 0.25) is 0 Å². The lowest BCUT2D eigenvalue weighted by Gasteiger charge is -2.31. The third-order valence-electron chi connectivity index (χ3n) is 5.36. The number of nitrogens with zero attached hydrogens (tertiary/aromatic N) is 1. The summed E-state index contributed by atoms with van der Waals surface area (Å²) in [7, 11) is -3.40. The van der Waals surface area contributed by atoms with Crippen molar-refractivity contribution in [3.63, 3.8) is 0 Å². The molecular formula is C21H23NO2S. The average Bonchev–Trinajstić information content (AvgIpc) is 2.68. The van der Waals surface area contributed by atoms with Gasteiger partial charge in [-0.2, -0.15) is 4.31 Å². The predicted octanol–water partition coefficient (Wildman–Crippen LogP) is 4.21. The molecule has 1 aliphatic carbocycles. The second-order valence-corrected chi connectivity index (χ2v) is 8.83. The Bertz CT molecular complexity index is 879. The van der Waals surface area contributed by atoms with Crippen molar-refractivity contribution in [2.24, 2.45) is 0 Å². The fourth-order valence-electron chi connectivity index (χ4n) is 3.87. The van der Waals surface area contributed by atoms with Gasteiger partial charge >= 0.3 is 0 Å². The van der Waals surface area contributed by atoms with Gasteiger partial charge in [0.05, 0.1) is 4.90 Å². The van der Waals surface area contributed by atoms with Gasteiger partial charge < -0.3 is 0 Å². The molecule has 2 aliphatic rings. The van der Waals surface area contributed by atoms with Crippen molar-refractivity contribution in [2.45, 2.75) is 36.5 Å². The van der Waals surface area contributed by atoms with Gasteiger partial charge in [0.2, 0.25) is 10.0 Å². The highest BCUT2D eigenvalue weighted by Gasteiger charge is 2.30. The maximum Gasteiger partial charge on any atom is 0.243 e. The highest BCUT2D eigenvalue weighted by atomic mass is 32.2. The molecule has 1 fully saturated rings. The molecule has 0 amide bonds. The van der Waals surface area contributed by atoms with E-state index >= 15 is 0 Å². The van der Waals surface area contributed by atoms with Crippen LogP contribution in [-0.2, 0) is 16.4 Å². The minimum atomic E-state index is -3.40. The van der Waals surface area contributed by atoms with E-state index in [4.69, 9.17) is 0 Å². The zero-order chi connectivity index (χ0) is 17.3. The van der Waals surface area contributed by atoms with Gasteiger partial charge in [-0.3, -0.25) is 0 Å². The van der Waals surface area contributed by atoms with E-state index in [9.17, 15) is 8.42 Å². The van der Waals surface area contributed by atoms with Crippen LogP contribution in [0.5, 0.6) is 0 Å². The second-order valence-electron chi connectivity index (χ2n) is 6.89. The minimum absolute atomic E-state index is 0.427. The van der Waals surface area contributed by atoms with E-state index in [1.807, 2.05) is 24.3 Å². The third kappa shape index (κ3) is 3.29. The van der Waals surface area contributed by atoms with Crippen LogP contribution >= 0.6 is 0 Å². The summed E-state index contributed by atoms with van der Waals surface area (Å²) in [6.07, 6.45) is 7.95. The van der Waals surface area contributed by atoms with Crippen molar-refractivity contribution in [3.8, 4) is 0 Å². The molecule has 0 unspecified atom stereocenters. The molecule has 4 rings (SSSR count). The molecule has 25 heavy (non-hydrogen) atoms. The number of rotatable bonds is 3. The van der Waals surface area contributed by atoms with Crippen LogP contribution in [0.3, 0.4) is 0 Å². The van der Waals surface area contributed by atoms with Gasteiger partial charge in [-0.1, -0.05) is 48.6 Å². The monoisotopic (exact) mass is 353 g/mol. The molecule has 0 N–H and O–H groups in total. The van der Waals surface area contributed by atoms with Crippen molar-refractivity contribution in [1.82, 2.24) is 4.31 Å². The van der Waals surface area contributed by atoms with E-state index in [1.165, 1.54) is 11.1 Å². The van der Waals surface area contributed by atoms with Crippen molar-refractivity contribution in [1.29, 1.82) is 0 Å². The molecule has 1 saturated heterocycles. The molecule has 1 aliphatic heterocycles. The average molecular weight is 353 g/mol.